The largest absolute Gasteiger partial charge is 0.352 e. The van der Waals surface area contributed by atoms with Crippen LogP contribution in [0.15, 0.2) is 65.6 Å². The summed E-state index contributed by atoms with van der Waals surface area (Å²) in [6, 6.07) is 17.7. The highest BCUT2D eigenvalue weighted by molar-refractivity contribution is 5.90. The summed E-state index contributed by atoms with van der Waals surface area (Å²) in [5, 5.41) is 6.04. The highest BCUT2D eigenvalue weighted by Gasteiger charge is 2.25. The van der Waals surface area contributed by atoms with Crippen LogP contribution in [0.1, 0.15) is 35.1 Å². The Balaban J connectivity index is 1.30. The van der Waals surface area contributed by atoms with Crippen LogP contribution in [0.25, 0.3) is 11.2 Å². The number of aryl methyl sites for hydroxylation is 3. The molecule has 2 amide bonds. The van der Waals surface area contributed by atoms with Crippen molar-refractivity contribution >= 4 is 28.7 Å². The van der Waals surface area contributed by atoms with E-state index in [2.05, 4.69) is 15.6 Å². The maximum Gasteiger partial charge on any atom is 0.319 e. The van der Waals surface area contributed by atoms with E-state index in [9.17, 15) is 9.59 Å². The number of hydrogen-bond acceptors (Lipinski definition) is 5. The molecule has 3 heterocycles. The van der Waals surface area contributed by atoms with Crippen molar-refractivity contribution in [3.8, 4) is 0 Å². The number of hydrogen-bond donors (Lipinski definition) is 2. The lowest BCUT2D eigenvalue weighted by Gasteiger charge is -2.33. The molecule has 0 atom stereocenters. The molecule has 4 aromatic rings. The normalized spacial score (nSPS) is 14.1. The molecule has 2 N–H and O–H groups in total. The Bertz CT molecular complexity index is 1490. The van der Waals surface area contributed by atoms with Crippen LogP contribution in [-0.2, 0) is 6.54 Å². The predicted octanol–water partition coefficient (Wildman–Crippen LogP) is 4.56. The quantitative estimate of drug-likeness (QED) is 0.423. The molecule has 0 unspecified atom stereocenters. The van der Waals surface area contributed by atoms with Crippen LogP contribution in [0.4, 0.5) is 16.3 Å². The van der Waals surface area contributed by atoms with Crippen LogP contribution >= 0.6 is 0 Å². The molecule has 1 saturated heterocycles. The van der Waals surface area contributed by atoms with Crippen LogP contribution in [0, 0.1) is 20.8 Å². The molecule has 8 heteroatoms. The number of pyridine rings is 1. The van der Waals surface area contributed by atoms with Crippen molar-refractivity contribution in [2.24, 2.45) is 0 Å². The van der Waals surface area contributed by atoms with Gasteiger partial charge in [0.15, 0.2) is 11.5 Å². The zero-order chi connectivity index (χ0) is 25.9. The van der Waals surface area contributed by atoms with Crippen LogP contribution in [0.2, 0.25) is 0 Å². The maximum absolute atomic E-state index is 13.6. The molecule has 5 rings (SSSR count). The zero-order valence-electron chi connectivity index (χ0n) is 21.5. The molecule has 1 aliphatic rings. The average Bonchev–Trinajstić information content (AvgIpc) is 2.89. The van der Waals surface area contributed by atoms with Crippen molar-refractivity contribution in [2.45, 2.75) is 46.2 Å². The third kappa shape index (κ3) is 5.48. The molecule has 190 valence electrons. The molecule has 0 bridgehead atoms. The fraction of sp³-hybridized carbons (Fsp3) is 0.310. The van der Waals surface area contributed by atoms with Crippen molar-refractivity contribution < 1.29 is 4.79 Å². The average molecular weight is 497 g/mol. The summed E-state index contributed by atoms with van der Waals surface area (Å²) in [6.07, 6.45) is 3.14. The smallest absolute Gasteiger partial charge is 0.319 e. The van der Waals surface area contributed by atoms with Crippen LogP contribution in [0.5, 0.6) is 0 Å². The number of anilines is 2. The summed E-state index contributed by atoms with van der Waals surface area (Å²) < 4.78 is 1.71. The summed E-state index contributed by atoms with van der Waals surface area (Å²) >= 11 is 0. The molecular formula is C29H32N6O2. The van der Waals surface area contributed by atoms with Crippen LogP contribution in [-0.4, -0.2) is 39.7 Å². The first-order valence-electron chi connectivity index (χ1n) is 12.7. The van der Waals surface area contributed by atoms with Gasteiger partial charge in [-0.1, -0.05) is 47.5 Å². The first-order chi connectivity index (χ1) is 17.9. The molecule has 0 saturated carbocycles. The number of benzene rings is 2. The number of carbonyl (C=O) groups is 1. The minimum Gasteiger partial charge on any atom is -0.352 e. The van der Waals surface area contributed by atoms with E-state index in [1.807, 2.05) is 80.3 Å². The van der Waals surface area contributed by atoms with Gasteiger partial charge in [-0.2, -0.15) is 0 Å². The van der Waals surface area contributed by atoms with Crippen LogP contribution in [0.3, 0.4) is 0 Å². The van der Waals surface area contributed by atoms with E-state index in [1.165, 1.54) is 5.56 Å². The van der Waals surface area contributed by atoms with Gasteiger partial charge in [-0.25, -0.2) is 14.8 Å². The monoisotopic (exact) mass is 496 g/mol. The first-order valence-corrected chi connectivity index (χ1v) is 12.7. The van der Waals surface area contributed by atoms with Crippen molar-refractivity contribution in [1.29, 1.82) is 0 Å². The topological polar surface area (TPSA) is 92.2 Å². The zero-order valence-corrected chi connectivity index (χ0v) is 21.5. The molecule has 0 spiro atoms. The summed E-state index contributed by atoms with van der Waals surface area (Å²) in [6.45, 7) is 7.75. The molecule has 0 aliphatic carbocycles. The van der Waals surface area contributed by atoms with E-state index in [0.29, 0.717) is 36.6 Å². The lowest BCUT2D eigenvalue weighted by molar-refractivity contribution is 0.246. The van der Waals surface area contributed by atoms with Gasteiger partial charge in [0.2, 0.25) is 0 Å². The number of rotatable bonds is 5. The molecule has 2 aromatic carbocycles. The summed E-state index contributed by atoms with van der Waals surface area (Å²) in [4.78, 5) is 37.4. The Hall–Kier alpha value is -4.20. The molecule has 2 aromatic heterocycles. The number of urea groups is 1. The van der Waals surface area contributed by atoms with Gasteiger partial charge in [-0.15, -0.1) is 0 Å². The van der Waals surface area contributed by atoms with E-state index in [-0.39, 0.29) is 17.6 Å². The second-order valence-corrected chi connectivity index (χ2v) is 9.84. The number of aromatic nitrogens is 3. The maximum atomic E-state index is 13.6. The second-order valence-electron chi connectivity index (χ2n) is 9.84. The van der Waals surface area contributed by atoms with Gasteiger partial charge in [0.25, 0.3) is 5.56 Å². The van der Waals surface area contributed by atoms with Crippen molar-refractivity contribution in [3.05, 3.63) is 93.4 Å². The van der Waals surface area contributed by atoms with E-state index < -0.39 is 0 Å². The number of fused-ring (bicyclic) bond motifs is 1. The van der Waals surface area contributed by atoms with E-state index in [4.69, 9.17) is 4.98 Å². The Morgan fingerprint density at radius 3 is 2.46 bits per heavy atom. The highest BCUT2D eigenvalue weighted by atomic mass is 16.2. The highest BCUT2D eigenvalue weighted by Crippen LogP contribution is 2.20. The summed E-state index contributed by atoms with van der Waals surface area (Å²) in [5.41, 5.74) is 6.34. The fourth-order valence-corrected chi connectivity index (χ4v) is 4.82. The third-order valence-electron chi connectivity index (χ3n) is 6.91. The van der Waals surface area contributed by atoms with Gasteiger partial charge in [0.05, 0.1) is 6.54 Å². The molecule has 1 fully saturated rings. The Labute approximate surface area is 216 Å². The number of piperidine rings is 1. The number of amides is 2. The predicted molar refractivity (Wildman–Crippen MR) is 147 cm³/mol. The van der Waals surface area contributed by atoms with Crippen molar-refractivity contribution in [3.63, 3.8) is 0 Å². The van der Waals surface area contributed by atoms with Gasteiger partial charge in [0.1, 0.15) is 5.52 Å². The first kappa shape index (κ1) is 24.5. The number of carbonyl (C=O) groups excluding carboxylic acids is 1. The summed E-state index contributed by atoms with van der Waals surface area (Å²) in [5.74, 6) is 0.436. The molecule has 8 nitrogen and oxygen atoms in total. The van der Waals surface area contributed by atoms with Crippen molar-refractivity contribution in [1.82, 2.24) is 19.9 Å². The van der Waals surface area contributed by atoms with Gasteiger partial charge >= 0.3 is 6.03 Å². The Morgan fingerprint density at radius 2 is 1.73 bits per heavy atom. The SMILES string of the molecule is Cc1ccc(Cn2c(=O)c(N3CCC(NC(=O)Nc4ccc(C)cc4C)CC3)nc3cccnc32)cc1. The van der Waals surface area contributed by atoms with Gasteiger partial charge in [0, 0.05) is 31.0 Å². The molecule has 37 heavy (non-hydrogen) atoms. The second kappa shape index (κ2) is 10.4. The molecule has 0 radical (unpaired) electrons. The van der Waals surface area contributed by atoms with E-state index in [1.54, 1.807) is 10.8 Å². The van der Waals surface area contributed by atoms with E-state index >= 15 is 0 Å². The van der Waals surface area contributed by atoms with Gasteiger partial charge in [-0.05, 0) is 62.9 Å². The minimum absolute atomic E-state index is 0.0268. The fourth-order valence-electron chi connectivity index (χ4n) is 4.82. The van der Waals surface area contributed by atoms with E-state index in [0.717, 1.165) is 35.2 Å². The lowest BCUT2D eigenvalue weighted by Crippen LogP contribution is -2.47. The standard InChI is InChI=1S/C29H32N6O2/c1-19-6-9-22(10-7-19)18-35-26-25(5-4-14-30-26)32-27(28(35)36)34-15-12-23(13-16-34)31-29(37)33-24-11-8-20(2)17-21(24)3/h4-11,14,17,23H,12-13,15-16,18H2,1-3H3,(H2,31,33,37). The van der Waals surface area contributed by atoms with Gasteiger partial charge in [-0.3, -0.25) is 9.36 Å². The Kier molecular flexibility index (Phi) is 6.90. The van der Waals surface area contributed by atoms with Crippen molar-refractivity contribution in [2.75, 3.05) is 23.3 Å². The summed E-state index contributed by atoms with van der Waals surface area (Å²) in [7, 11) is 0. The van der Waals surface area contributed by atoms with Gasteiger partial charge < -0.3 is 15.5 Å². The minimum atomic E-state index is -0.208. The molecular weight excluding hydrogens is 464 g/mol. The van der Waals surface area contributed by atoms with Crippen LogP contribution < -0.4 is 21.1 Å². The Morgan fingerprint density at radius 1 is 1.00 bits per heavy atom. The molecule has 1 aliphatic heterocycles. The third-order valence-corrected chi connectivity index (χ3v) is 6.91. The number of nitrogens with one attached hydrogen (secondary N) is 2. The number of nitrogens with zero attached hydrogens (tertiary/aromatic N) is 4. The lowest BCUT2D eigenvalue weighted by atomic mass is 10.1.